The molecular weight excluding hydrogens is 296 g/mol. The van der Waals surface area contributed by atoms with Gasteiger partial charge in [0.2, 0.25) is 0 Å². The van der Waals surface area contributed by atoms with Gasteiger partial charge in [-0.05, 0) is 44.2 Å². The molecule has 2 unspecified atom stereocenters. The summed E-state index contributed by atoms with van der Waals surface area (Å²) in [5.74, 6) is 0.00897. The molecule has 0 N–H and O–H groups in total. The summed E-state index contributed by atoms with van der Waals surface area (Å²) in [7, 11) is 3.71. The molecule has 4 nitrogen and oxygen atoms in total. The van der Waals surface area contributed by atoms with Gasteiger partial charge in [0.1, 0.15) is 4.75 Å². The van der Waals surface area contributed by atoms with Crippen LogP contribution in [0.5, 0.6) is 0 Å². The average Bonchev–Trinajstić information content (AvgIpc) is 2.83. The van der Waals surface area contributed by atoms with Gasteiger partial charge in [0, 0.05) is 19.8 Å². The molecule has 1 aliphatic carbocycles. The number of amidine groups is 1. The van der Waals surface area contributed by atoms with Crippen molar-refractivity contribution in [1.29, 1.82) is 0 Å². The van der Waals surface area contributed by atoms with Gasteiger partial charge < -0.3 is 9.64 Å². The number of hydrogen-bond donors (Lipinski definition) is 0. The van der Waals surface area contributed by atoms with Gasteiger partial charge >= 0.3 is 0 Å². The van der Waals surface area contributed by atoms with Crippen LogP contribution in [0.3, 0.4) is 0 Å². The Balaban J connectivity index is 1.82. The van der Waals surface area contributed by atoms with Crippen LogP contribution in [0.1, 0.15) is 31.2 Å². The highest BCUT2D eigenvalue weighted by Crippen LogP contribution is 2.47. The molecule has 118 valence electrons. The molecule has 0 saturated heterocycles. The number of rotatable bonds is 2. The Bertz CT molecular complexity index is 616. The van der Waals surface area contributed by atoms with Crippen molar-refractivity contribution in [2.45, 2.75) is 43.5 Å². The molecule has 5 heteroatoms. The van der Waals surface area contributed by atoms with Gasteiger partial charge in [0.15, 0.2) is 5.17 Å². The monoisotopic (exact) mass is 318 g/mol. The average molecular weight is 318 g/mol. The van der Waals surface area contributed by atoms with E-state index >= 15 is 0 Å². The molecule has 1 heterocycles. The quantitative estimate of drug-likeness (QED) is 0.838. The number of hydrogen-bond acceptors (Lipinski definition) is 4. The molecule has 1 fully saturated rings. The van der Waals surface area contributed by atoms with Crippen molar-refractivity contribution in [3.63, 3.8) is 0 Å². The fraction of sp³-hybridized carbons (Fsp3) is 0.529. The molecule has 1 aliphatic heterocycles. The topological polar surface area (TPSA) is 41.9 Å². The first-order valence-electron chi connectivity index (χ1n) is 7.70. The third-order valence-electron chi connectivity index (χ3n) is 4.63. The molecule has 0 radical (unpaired) electrons. The molecule has 22 heavy (non-hydrogen) atoms. The first-order chi connectivity index (χ1) is 10.6. The lowest BCUT2D eigenvalue weighted by molar-refractivity contribution is -0.121. The molecule has 1 amide bonds. The van der Waals surface area contributed by atoms with Crippen molar-refractivity contribution in [2.24, 2.45) is 4.99 Å². The Hall–Kier alpha value is -1.33. The smallest absolute Gasteiger partial charge is 0.264 e. The summed E-state index contributed by atoms with van der Waals surface area (Å²) in [6.45, 7) is 2.07. The molecule has 1 saturated carbocycles. The van der Waals surface area contributed by atoms with Crippen LogP contribution in [-0.2, 0) is 9.53 Å². The fourth-order valence-corrected chi connectivity index (χ4v) is 4.65. The number of carbonyl (C=O) groups excluding carboxylic acids is 1. The van der Waals surface area contributed by atoms with E-state index in [2.05, 4.69) is 24.0 Å². The van der Waals surface area contributed by atoms with E-state index in [4.69, 9.17) is 4.74 Å². The molecule has 0 bridgehead atoms. The maximum Gasteiger partial charge on any atom is 0.264 e. The lowest BCUT2D eigenvalue weighted by Gasteiger charge is -2.34. The second kappa shape index (κ2) is 6.05. The fourth-order valence-electron chi connectivity index (χ4n) is 3.29. The van der Waals surface area contributed by atoms with Crippen LogP contribution in [-0.4, -0.2) is 36.1 Å². The van der Waals surface area contributed by atoms with Crippen LogP contribution >= 0.6 is 11.8 Å². The zero-order valence-corrected chi connectivity index (χ0v) is 14.2. The molecule has 2 aliphatic rings. The van der Waals surface area contributed by atoms with Crippen molar-refractivity contribution in [2.75, 3.05) is 19.1 Å². The van der Waals surface area contributed by atoms with E-state index < -0.39 is 4.75 Å². The predicted molar refractivity (Wildman–Crippen MR) is 91.6 cm³/mol. The van der Waals surface area contributed by atoms with Crippen LogP contribution < -0.4 is 4.90 Å². The predicted octanol–water partition coefficient (Wildman–Crippen LogP) is 3.39. The molecule has 3 rings (SSSR count). The second-order valence-electron chi connectivity index (χ2n) is 6.10. The van der Waals surface area contributed by atoms with Crippen molar-refractivity contribution in [1.82, 2.24) is 0 Å². The first kappa shape index (κ1) is 15.6. The number of methoxy groups -OCH3 is 1. The van der Waals surface area contributed by atoms with E-state index in [1.165, 1.54) is 5.56 Å². The van der Waals surface area contributed by atoms with Crippen LogP contribution in [0.25, 0.3) is 0 Å². The summed E-state index contributed by atoms with van der Waals surface area (Å²) >= 11 is 1.62. The number of anilines is 1. The lowest BCUT2D eigenvalue weighted by Crippen LogP contribution is -2.40. The van der Waals surface area contributed by atoms with E-state index in [1.54, 1.807) is 18.9 Å². The molecule has 2 atom stereocenters. The Morgan fingerprint density at radius 2 is 2.18 bits per heavy atom. The van der Waals surface area contributed by atoms with E-state index in [-0.39, 0.29) is 12.0 Å². The zero-order valence-electron chi connectivity index (χ0n) is 13.3. The third-order valence-corrected chi connectivity index (χ3v) is 6.12. The first-order valence-corrected chi connectivity index (χ1v) is 8.52. The van der Waals surface area contributed by atoms with Crippen molar-refractivity contribution in [3.8, 4) is 0 Å². The summed E-state index contributed by atoms with van der Waals surface area (Å²) < 4.78 is 5.08. The number of nitrogens with zero attached hydrogens (tertiary/aromatic N) is 2. The number of aryl methyl sites for hydroxylation is 1. The molecule has 1 aromatic carbocycles. The standard InChI is InChI=1S/C17H22N2O2S/c1-12-7-4-5-9-14(12)19(2)16-18-15(20)17(22-16)10-6-8-13(11-17)21-3/h4-5,7,9,13H,6,8,10-11H2,1-3H3. The number of thioether (sulfide) groups is 1. The largest absolute Gasteiger partial charge is 0.381 e. The van der Waals surface area contributed by atoms with Gasteiger partial charge in [-0.15, -0.1) is 0 Å². The minimum absolute atomic E-state index is 0.00897. The van der Waals surface area contributed by atoms with Crippen LogP contribution in [0.15, 0.2) is 29.3 Å². The zero-order chi connectivity index (χ0) is 15.7. The SMILES string of the molecule is COC1CCCC2(C1)SC(N(C)c1ccccc1C)=NC2=O. The Kier molecular flexibility index (Phi) is 4.28. The number of carbonyl (C=O) groups is 1. The van der Waals surface area contributed by atoms with Gasteiger partial charge in [-0.1, -0.05) is 30.0 Å². The molecular formula is C17H22N2O2S. The maximum atomic E-state index is 12.6. The number of benzene rings is 1. The minimum Gasteiger partial charge on any atom is -0.381 e. The van der Waals surface area contributed by atoms with Crippen LogP contribution in [0.2, 0.25) is 0 Å². The van der Waals surface area contributed by atoms with Crippen molar-refractivity contribution < 1.29 is 9.53 Å². The van der Waals surface area contributed by atoms with Gasteiger partial charge in [-0.3, -0.25) is 4.79 Å². The number of aliphatic imine (C=N–C) groups is 1. The molecule has 1 aromatic rings. The summed E-state index contributed by atoms with van der Waals surface area (Å²) in [5, 5.41) is 0.802. The van der Waals surface area contributed by atoms with E-state index in [9.17, 15) is 4.79 Å². The van der Waals surface area contributed by atoms with E-state index in [1.807, 2.05) is 24.1 Å². The summed E-state index contributed by atoms with van der Waals surface area (Å²) in [6.07, 6.45) is 3.89. The van der Waals surface area contributed by atoms with Crippen LogP contribution in [0, 0.1) is 6.92 Å². The molecule has 0 aromatic heterocycles. The second-order valence-corrected chi connectivity index (χ2v) is 7.45. The van der Waals surface area contributed by atoms with Gasteiger partial charge in [0.25, 0.3) is 5.91 Å². The highest BCUT2D eigenvalue weighted by Gasteiger charge is 2.49. The molecule has 1 spiro atoms. The van der Waals surface area contributed by atoms with Crippen molar-refractivity contribution >= 4 is 28.5 Å². The maximum absolute atomic E-state index is 12.6. The summed E-state index contributed by atoms with van der Waals surface area (Å²) in [6, 6.07) is 8.17. The third kappa shape index (κ3) is 2.68. The van der Waals surface area contributed by atoms with Gasteiger partial charge in [-0.25, -0.2) is 0 Å². The number of amides is 1. The Morgan fingerprint density at radius 3 is 2.91 bits per heavy atom. The Morgan fingerprint density at radius 1 is 1.41 bits per heavy atom. The highest BCUT2D eigenvalue weighted by atomic mass is 32.2. The number of ether oxygens (including phenoxy) is 1. The number of para-hydroxylation sites is 1. The van der Waals surface area contributed by atoms with Gasteiger partial charge in [0.05, 0.1) is 6.10 Å². The van der Waals surface area contributed by atoms with Crippen molar-refractivity contribution in [3.05, 3.63) is 29.8 Å². The van der Waals surface area contributed by atoms with E-state index in [0.717, 1.165) is 36.5 Å². The minimum atomic E-state index is -0.412. The summed E-state index contributed by atoms with van der Waals surface area (Å²) in [4.78, 5) is 18.9. The van der Waals surface area contributed by atoms with Gasteiger partial charge in [-0.2, -0.15) is 4.99 Å². The van der Waals surface area contributed by atoms with E-state index in [0.29, 0.717) is 0 Å². The highest BCUT2D eigenvalue weighted by molar-refractivity contribution is 8.16. The van der Waals surface area contributed by atoms with Crippen LogP contribution in [0.4, 0.5) is 5.69 Å². The normalized spacial score (nSPS) is 28.0. The Labute approximate surface area is 135 Å². The summed E-state index contributed by atoms with van der Waals surface area (Å²) in [5.41, 5.74) is 2.28. The lowest BCUT2D eigenvalue weighted by atomic mass is 9.86.